The van der Waals surface area contributed by atoms with Crippen LogP contribution in [0, 0.1) is 5.92 Å². The number of aromatic carboxylic acids is 1. The number of ether oxygens (including phenoxy) is 1. The van der Waals surface area contributed by atoms with Crippen LogP contribution in [0.3, 0.4) is 0 Å². The van der Waals surface area contributed by atoms with E-state index < -0.39 is 5.97 Å². The van der Waals surface area contributed by atoms with Crippen LogP contribution in [0.4, 0.5) is 5.69 Å². The van der Waals surface area contributed by atoms with E-state index in [4.69, 9.17) is 15.6 Å². The number of benzene rings is 1. The second-order valence-corrected chi connectivity index (χ2v) is 4.12. The number of anilines is 1. The van der Waals surface area contributed by atoms with Crippen LogP contribution in [0.2, 0.25) is 0 Å². The lowest BCUT2D eigenvalue weighted by Crippen LogP contribution is -2.18. The van der Waals surface area contributed by atoms with E-state index in [0.717, 1.165) is 0 Å². The highest BCUT2D eigenvalue weighted by atomic mass is 16.5. The Morgan fingerprint density at radius 1 is 1.38 bits per heavy atom. The van der Waals surface area contributed by atoms with Crippen molar-refractivity contribution in [3.8, 4) is 5.75 Å². The molecule has 0 aliphatic heterocycles. The first kappa shape index (κ1) is 12.4. The highest BCUT2D eigenvalue weighted by molar-refractivity contribution is 5.94. The summed E-state index contributed by atoms with van der Waals surface area (Å²) in [6, 6.07) is 4.68. The lowest BCUT2D eigenvalue weighted by Gasteiger charge is -2.18. The molecule has 0 bridgehead atoms. The minimum atomic E-state index is -1.04. The molecule has 4 nitrogen and oxygen atoms in total. The smallest absolute Gasteiger partial charge is 0.337 e. The molecule has 88 valence electrons. The van der Waals surface area contributed by atoms with Crippen LogP contribution in [0.1, 0.15) is 31.1 Å². The van der Waals surface area contributed by atoms with E-state index in [9.17, 15) is 4.79 Å². The van der Waals surface area contributed by atoms with Crippen LogP contribution in [0.5, 0.6) is 5.75 Å². The molecule has 0 fully saturated rings. The van der Waals surface area contributed by atoms with Gasteiger partial charge in [0.2, 0.25) is 0 Å². The largest absolute Gasteiger partial charge is 0.490 e. The topological polar surface area (TPSA) is 72.5 Å². The summed E-state index contributed by atoms with van der Waals surface area (Å²) in [5.74, 6) is -0.140. The summed E-state index contributed by atoms with van der Waals surface area (Å²) in [6.07, 6.45) is 0.0327. The van der Waals surface area contributed by atoms with Crippen molar-refractivity contribution in [3.05, 3.63) is 23.8 Å². The molecule has 0 aliphatic rings. The van der Waals surface area contributed by atoms with Gasteiger partial charge in [0.25, 0.3) is 0 Å². The summed E-state index contributed by atoms with van der Waals surface area (Å²) in [4.78, 5) is 10.9. The number of nitrogen functional groups attached to an aromatic ring is 1. The van der Waals surface area contributed by atoms with Crippen LogP contribution < -0.4 is 10.5 Å². The lowest BCUT2D eigenvalue weighted by atomic mass is 10.1. The molecule has 1 aromatic rings. The molecule has 0 heterocycles. The Morgan fingerprint density at radius 2 is 2.00 bits per heavy atom. The molecule has 1 aromatic carbocycles. The number of rotatable bonds is 4. The van der Waals surface area contributed by atoms with E-state index in [-0.39, 0.29) is 17.4 Å². The predicted octanol–water partition coefficient (Wildman–Crippen LogP) is 2.39. The average Bonchev–Trinajstić information content (AvgIpc) is 2.20. The SMILES string of the molecule is CC(C)C(C)Oc1ccc(N)c(C(=O)O)c1. The molecule has 3 N–H and O–H groups in total. The summed E-state index contributed by atoms with van der Waals surface area (Å²) in [5, 5.41) is 8.90. The van der Waals surface area contributed by atoms with Crippen molar-refractivity contribution < 1.29 is 14.6 Å². The zero-order chi connectivity index (χ0) is 12.3. The molecule has 0 spiro atoms. The van der Waals surface area contributed by atoms with Crippen molar-refractivity contribution in [2.24, 2.45) is 5.92 Å². The van der Waals surface area contributed by atoms with Crippen LogP contribution in [-0.2, 0) is 0 Å². The Morgan fingerprint density at radius 3 is 2.50 bits per heavy atom. The van der Waals surface area contributed by atoms with E-state index in [1.54, 1.807) is 12.1 Å². The first-order valence-electron chi connectivity index (χ1n) is 5.21. The summed E-state index contributed by atoms with van der Waals surface area (Å²) < 4.78 is 5.60. The van der Waals surface area contributed by atoms with E-state index in [1.165, 1.54) is 6.07 Å². The fourth-order valence-corrected chi connectivity index (χ4v) is 1.14. The van der Waals surface area contributed by atoms with Gasteiger partial charge in [-0.05, 0) is 31.0 Å². The second-order valence-electron chi connectivity index (χ2n) is 4.12. The van der Waals surface area contributed by atoms with Crippen LogP contribution >= 0.6 is 0 Å². The third-order valence-corrected chi connectivity index (χ3v) is 2.52. The summed E-state index contributed by atoms with van der Waals surface area (Å²) in [5.41, 5.74) is 5.87. The van der Waals surface area contributed by atoms with Gasteiger partial charge in [-0.25, -0.2) is 4.79 Å². The normalized spacial score (nSPS) is 12.5. The first-order chi connectivity index (χ1) is 7.41. The first-order valence-corrected chi connectivity index (χ1v) is 5.21. The van der Waals surface area contributed by atoms with Gasteiger partial charge in [-0.2, -0.15) is 0 Å². The number of hydrogen-bond donors (Lipinski definition) is 2. The van der Waals surface area contributed by atoms with Crippen molar-refractivity contribution in [1.82, 2.24) is 0 Å². The molecule has 0 aromatic heterocycles. The van der Waals surface area contributed by atoms with Crippen molar-refractivity contribution >= 4 is 11.7 Å². The highest BCUT2D eigenvalue weighted by Crippen LogP contribution is 2.22. The number of nitrogens with two attached hydrogens (primary N) is 1. The molecule has 0 aliphatic carbocycles. The van der Waals surface area contributed by atoms with Crippen LogP contribution in [0.15, 0.2) is 18.2 Å². The van der Waals surface area contributed by atoms with Gasteiger partial charge in [0.1, 0.15) is 5.75 Å². The van der Waals surface area contributed by atoms with Gasteiger partial charge < -0.3 is 15.6 Å². The Labute approximate surface area is 95.0 Å². The quantitative estimate of drug-likeness (QED) is 0.769. The molecule has 16 heavy (non-hydrogen) atoms. The zero-order valence-corrected chi connectivity index (χ0v) is 9.73. The van der Waals surface area contributed by atoms with E-state index in [1.807, 2.05) is 20.8 Å². The number of carbonyl (C=O) groups is 1. The lowest BCUT2D eigenvalue weighted by molar-refractivity contribution is 0.0697. The molecule has 0 amide bonds. The maximum absolute atomic E-state index is 10.9. The minimum absolute atomic E-state index is 0.0327. The van der Waals surface area contributed by atoms with Gasteiger partial charge in [-0.15, -0.1) is 0 Å². The van der Waals surface area contributed by atoms with Crippen molar-refractivity contribution in [1.29, 1.82) is 0 Å². The van der Waals surface area contributed by atoms with E-state index >= 15 is 0 Å². The van der Waals surface area contributed by atoms with Gasteiger partial charge in [0.15, 0.2) is 0 Å². The molecular formula is C12H17NO3. The molecule has 4 heteroatoms. The summed E-state index contributed by atoms with van der Waals surface area (Å²) >= 11 is 0. The fraction of sp³-hybridized carbons (Fsp3) is 0.417. The van der Waals surface area contributed by atoms with Crippen molar-refractivity contribution in [2.45, 2.75) is 26.9 Å². The molecule has 1 rings (SSSR count). The Balaban J connectivity index is 2.91. The van der Waals surface area contributed by atoms with Crippen molar-refractivity contribution in [2.75, 3.05) is 5.73 Å². The highest BCUT2D eigenvalue weighted by Gasteiger charge is 2.12. The molecule has 0 saturated heterocycles. The van der Waals surface area contributed by atoms with Crippen LogP contribution in [-0.4, -0.2) is 17.2 Å². The van der Waals surface area contributed by atoms with Gasteiger partial charge in [0, 0.05) is 5.69 Å². The summed E-state index contributed by atoms with van der Waals surface area (Å²) in [7, 11) is 0. The zero-order valence-electron chi connectivity index (χ0n) is 9.73. The third-order valence-electron chi connectivity index (χ3n) is 2.52. The maximum atomic E-state index is 10.9. The van der Waals surface area contributed by atoms with Gasteiger partial charge in [0.05, 0.1) is 11.7 Å². The Hall–Kier alpha value is -1.71. The van der Waals surface area contributed by atoms with Gasteiger partial charge in [-0.1, -0.05) is 13.8 Å². The molecule has 0 saturated carbocycles. The minimum Gasteiger partial charge on any atom is -0.490 e. The van der Waals surface area contributed by atoms with Gasteiger partial charge in [-0.3, -0.25) is 0 Å². The molecular weight excluding hydrogens is 206 g/mol. The predicted molar refractivity (Wildman–Crippen MR) is 62.7 cm³/mol. The maximum Gasteiger partial charge on any atom is 0.337 e. The van der Waals surface area contributed by atoms with E-state index in [2.05, 4.69) is 0 Å². The molecule has 0 radical (unpaired) electrons. The third kappa shape index (κ3) is 2.89. The molecule has 1 unspecified atom stereocenters. The monoisotopic (exact) mass is 223 g/mol. The number of carboxylic acids is 1. The standard InChI is InChI=1S/C12H17NO3/c1-7(2)8(3)16-9-4-5-11(13)10(6-9)12(14)15/h4-8H,13H2,1-3H3,(H,14,15). The van der Waals surface area contributed by atoms with E-state index in [0.29, 0.717) is 11.7 Å². The number of carboxylic acid groups (broad SMARTS) is 1. The Bertz CT molecular complexity index is 388. The number of hydrogen-bond acceptors (Lipinski definition) is 3. The molecule has 1 atom stereocenters. The summed E-state index contributed by atoms with van der Waals surface area (Å²) in [6.45, 7) is 6.03. The van der Waals surface area contributed by atoms with Crippen molar-refractivity contribution in [3.63, 3.8) is 0 Å². The fourth-order valence-electron chi connectivity index (χ4n) is 1.14. The van der Waals surface area contributed by atoms with Gasteiger partial charge >= 0.3 is 5.97 Å². The Kier molecular flexibility index (Phi) is 3.77. The average molecular weight is 223 g/mol. The second kappa shape index (κ2) is 4.88. The van der Waals surface area contributed by atoms with Crippen LogP contribution in [0.25, 0.3) is 0 Å².